The van der Waals surface area contributed by atoms with E-state index >= 15 is 0 Å². The first-order chi connectivity index (χ1) is 7.17. The molecule has 0 saturated carbocycles. The molecule has 0 saturated heterocycles. The molecular formula is C12H23N3. The number of aryl methyl sites for hydroxylation is 1. The highest BCUT2D eigenvalue weighted by molar-refractivity contribution is 4.99. The van der Waals surface area contributed by atoms with E-state index in [1.807, 2.05) is 13.1 Å². The second-order valence-electron chi connectivity index (χ2n) is 4.24. The fourth-order valence-electron chi connectivity index (χ4n) is 1.99. The molecule has 0 aliphatic rings. The van der Waals surface area contributed by atoms with Gasteiger partial charge in [0, 0.05) is 24.5 Å². The lowest BCUT2D eigenvalue weighted by Gasteiger charge is -2.22. The van der Waals surface area contributed by atoms with Crippen LogP contribution in [-0.2, 0) is 6.54 Å². The molecule has 0 aliphatic heterocycles. The Labute approximate surface area is 92.7 Å². The number of nitrogens with zero attached hydrogens (tertiary/aromatic N) is 1. The van der Waals surface area contributed by atoms with Gasteiger partial charge in [-0.1, -0.05) is 26.7 Å². The number of hydrogen-bond acceptors (Lipinski definition) is 2. The van der Waals surface area contributed by atoms with Crippen molar-refractivity contribution in [3.05, 3.63) is 17.7 Å². The van der Waals surface area contributed by atoms with E-state index in [1.165, 1.54) is 18.5 Å². The largest absolute Gasteiger partial charge is 0.345 e. The summed E-state index contributed by atoms with van der Waals surface area (Å²) in [5.74, 6) is 1.76. The normalized spacial score (nSPS) is 13.4. The van der Waals surface area contributed by atoms with E-state index in [4.69, 9.17) is 0 Å². The molecule has 0 aromatic carbocycles. The second-order valence-corrected chi connectivity index (χ2v) is 4.24. The summed E-state index contributed by atoms with van der Waals surface area (Å²) in [5.41, 5.74) is 1.17. The monoisotopic (exact) mass is 209 g/mol. The van der Waals surface area contributed by atoms with Gasteiger partial charge in [0.25, 0.3) is 0 Å². The lowest BCUT2D eigenvalue weighted by Crippen LogP contribution is -2.32. The fourth-order valence-corrected chi connectivity index (χ4v) is 1.99. The van der Waals surface area contributed by atoms with Gasteiger partial charge in [-0.3, -0.25) is 0 Å². The van der Waals surface area contributed by atoms with Gasteiger partial charge in [-0.2, -0.15) is 0 Å². The first-order valence-corrected chi connectivity index (χ1v) is 5.91. The molecule has 3 nitrogen and oxygen atoms in total. The van der Waals surface area contributed by atoms with E-state index in [-0.39, 0.29) is 0 Å². The summed E-state index contributed by atoms with van der Waals surface area (Å²) >= 11 is 0. The van der Waals surface area contributed by atoms with Crippen molar-refractivity contribution in [2.24, 2.45) is 5.92 Å². The Hall–Kier alpha value is -0.830. The standard InChI is InChI=1S/C12H23N3/c1-5-11(6-2)9(3)13-7-12-8-14-10(4)15-12/h8-9,11,13H,5-7H2,1-4H3,(H,14,15). The number of nitrogens with one attached hydrogen (secondary N) is 2. The van der Waals surface area contributed by atoms with E-state index in [9.17, 15) is 0 Å². The maximum atomic E-state index is 4.18. The molecule has 86 valence electrons. The van der Waals surface area contributed by atoms with Crippen LogP contribution in [0.15, 0.2) is 6.20 Å². The van der Waals surface area contributed by atoms with Gasteiger partial charge in [0.05, 0.1) is 0 Å². The molecule has 1 unspecified atom stereocenters. The van der Waals surface area contributed by atoms with E-state index < -0.39 is 0 Å². The third kappa shape index (κ3) is 3.67. The van der Waals surface area contributed by atoms with Crippen LogP contribution in [-0.4, -0.2) is 16.0 Å². The topological polar surface area (TPSA) is 40.7 Å². The van der Waals surface area contributed by atoms with Crippen molar-refractivity contribution in [1.82, 2.24) is 15.3 Å². The van der Waals surface area contributed by atoms with Gasteiger partial charge >= 0.3 is 0 Å². The van der Waals surface area contributed by atoms with Gasteiger partial charge in [-0.15, -0.1) is 0 Å². The quantitative estimate of drug-likeness (QED) is 0.756. The van der Waals surface area contributed by atoms with E-state index in [1.54, 1.807) is 0 Å². The van der Waals surface area contributed by atoms with E-state index in [0.29, 0.717) is 6.04 Å². The van der Waals surface area contributed by atoms with Gasteiger partial charge in [-0.05, 0) is 19.8 Å². The van der Waals surface area contributed by atoms with Crippen LogP contribution in [0.5, 0.6) is 0 Å². The number of aromatic nitrogens is 2. The lowest BCUT2D eigenvalue weighted by molar-refractivity contribution is 0.352. The van der Waals surface area contributed by atoms with E-state index in [2.05, 4.69) is 36.1 Å². The summed E-state index contributed by atoms with van der Waals surface area (Å²) < 4.78 is 0. The minimum absolute atomic E-state index is 0.573. The molecule has 0 fully saturated rings. The average Bonchev–Trinajstić information content (AvgIpc) is 2.63. The van der Waals surface area contributed by atoms with E-state index in [0.717, 1.165) is 18.3 Å². The van der Waals surface area contributed by atoms with Crippen molar-refractivity contribution in [1.29, 1.82) is 0 Å². The highest BCUT2D eigenvalue weighted by atomic mass is 15.0. The number of imidazole rings is 1. The number of hydrogen-bond donors (Lipinski definition) is 2. The van der Waals surface area contributed by atoms with Crippen LogP contribution in [0.1, 0.15) is 45.1 Å². The minimum atomic E-state index is 0.573. The third-order valence-corrected chi connectivity index (χ3v) is 3.13. The Bertz CT molecular complexity index is 276. The Balaban J connectivity index is 2.36. The van der Waals surface area contributed by atoms with Crippen LogP contribution in [0, 0.1) is 12.8 Å². The van der Waals surface area contributed by atoms with Gasteiger partial charge in [0.15, 0.2) is 0 Å². The van der Waals surface area contributed by atoms with Crippen molar-refractivity contribution in [2.75, 3.05) is 0 Å². The lowest BCUT2D eigenvalue weighted by atomic mass is 9.95. The smallest absolute Gasteiger partial charge is 0.103 e. The second kappa shape index (κ2) is 5.91. The summed E-state index contributed by atoms with van der Waals surface area (Å²) in [6, 6.07) is 0.573. The molecule has 2 N–H and O–H groups in total. The van der Waals surface area contributed by atoms with Crippen molar-refractivity contribution >= 4 is 0 Å². The molecule has 1 rings (SSSR count). The molecule has 0 spiro atoms. The summed E-state index contributed by atoms with van der Waals surface area (Å²) in [4.78, 5) is 7.42. The van der Waals surface area contributed by atoms with Crippen molar-refractivity contribution in [2.45, 2.75) is 53.1 Å². The molecule has 0 bridgehead atoms. The fraction of sp³-hybridized carbons (Fsp3) is 0.750. The van der Waals surface area contributed by atoms with Crippen LogP contribution >= 0.6 is 0 Å². The maximum Gasteiger partial charge on any atom is 0.103 e. The summed E-state index contributed by atoms with van der Waals surface area (Å²) in [6.07, 6.45) is 4.39. The first kappa shape index (κ1) is 12.2. The van der Waals surface area contributed by atoms with Crippen molar-refractivity contribution in [3.8, 4) is 0 Å². The average molecular weight is 209 g/mol. The molecule has 0 aliphatic carbocycles. The molecule has 1 aromatic rings. The van der Waals surface area contributed by atoms with Gasteiger partial charge < -0.3 is 10.3 Å². The highest BCUT2D eigenvalue weighted by Gasteiger charge is 2.12. The third-order valence-electron chi connectivity index (χ3n) is 3.13. The number of rotatable bonds is 6. The zero-order valence-electron chi connectivity index (χ0n) is 10.3. The number of H-pyrrole nitrogens is 1. The summed E-state index contributed by atoms with van der Waals surface area (Å²) in [6.45, 7) is 9.65. The summed E-state index contributed by atoms with van der Waals surface area (Å²) in [7, 11) is 0. The Morgan fingerprint density at radius 2 is 2.07 bits per heavy atom. The van der Waals surface area contributed by atoms with Crippen LogP contribution in [0.2, 0.25) is 0 Å². The number of aromatic amines is 1. The predicted octanol–water partition coefficient (Wildman–Crippen LogP) is 2.63. The Morgan fingerprint density at radius 3 is 2.53 bits per heavy atom. The molecule has 3 heteroatoms. The molecule has 0 amide bonds. The molecule has 1 aromatic heterocycles. The first-order valence-electron chi connectivity index (χ1n) is 5.91. The van der Waals surface area contributed by atoms with Crippen LogP contribution in [0.3, 0.4) is 0 Å². The van der Waals surface area contributed by atoms with Gasteiger partial charge in [0.2, 0.25) is 0 Å². The van der Waals surface area contributed by atoms with Crippen molar-refractivity contribution in [3.63, 3.8) is 0 Å². The molecule has 1 heterocycles. The van der Waals surface area contributed by atoms with Gasteiger partial charge in [0.1, 0.15) is 5.82 Å². The molecule has 1 atom stereocenters. The Morgan fingerprint density at radius 1 is 1.40 bits per heavy atom. The minimum Gasteiger partial charge on any atom is -0.345 e. The van der Waals surface area contributed by atoms with Gasteiger partial charge in [-0.25, -0.2) is 4.98 Å². The zero-order chi connectivity index (χ0) is 11.3. The molecular weight excluding hydrogens is 186 g/mol. The van der Waals surface area contributed by atoms with Crippen LogP contribution < -0.4 is 5.32 Å². The Kier molecular flexibility index (Phi) is 4.82. The maximum absolute atomic E-state index is 4.18. The molecule has 0 radical (unpaired) electrons. The predicted molar refractivity (Wildman–Crippen MR) is 63.7 cm³/mol. The zero-order valence-corrected chi connectivity index (χ0v) is 10.3. The van der Waals surface area contributed by atoms with Crippen LogP contribution in [0.25, 0.3) is 0 Å². The summed E-state index contributed by atoms with van der Waals surface area (Å²) in [5, 5.41) is 3.54. The SMILES string of the molecule is CCC(CC)C(C)NCc1cnc(C)[nH]1. The van der Waals surface area contributed by atoms with Crippen LogP contribution in [0.4, 0.5) is 0 Å². The van der Waals surface area contributed by atoms with Crippen molar-refractivity contribution < 1.29 is 0 Å². The highest BCUT2D eigenvalue weighted by Crippen LogP contribution is 2.12. The molecule has 15 heavy (non-hydrogen) atoms.